The van der Waals surface area contributed by atoms with Gasteiger partial charge in [0.25, 0.3) is 0 Å². The summed E-state index contributed by atoms with van der Waals surface area (Å²) in [6.45, 7) is 5.08. The molecule has 109 heavy (non-hydrogen) atoms. The zero-order chi connectivity index (χ0) is 79.6. The van der Waals surface area contributed by atoms with Crippen molar-refractivity contribution >= 4 is 39.5 Å². The molecule has 2 unspecified atom stereocenters. The molecule has 0 amide bonds. The molecule has 0 aliphatic carbocycles. The average molecular weight is 1590 g/mol. The van der Waals surface area contributed by atoms with Gasteiger partial charge in [-0.3, -0.25) is 37.3 Å². The lowest BCUT2D eigenvalue weighted by Gasteiger charge is -2.21. The lowest BCUT2D eigenvalue weighted by atomic mass is 10.0. The van der Waals surface area contributed by atoms with Crippen molar-refractivity contribution < 1.29 is 80.2 Å². The van der Waals surface area contributed by atoms with Crippen molar-refractivity contribution in [3.05, 3.63) is 0 Å². The predicted octanol–water partition coefficient (Wildman–Crippen LogP) is 28.1. The molecule has 0 heterocycles. The van der Waals surface area contributed by atoms with Crippen molar-refractivity contribution in [1.29, 1.82) is 0 Å². The Kier molecular flexibility index (Phi) is 82.5. The molecular formula is C90H176O17P2. The van der Waals surface area contributed by atoms with Crippen LogP contribution in [0.25, 0.3) is 0 Å². The van der Waals surface area contributed by atoms with Crippen LogP contribution in [0.3, 0.4) is 0 Å². The van der Waals surface area contributed by atoms with Crippen LogP contribution in [0.2, 0.25) is 0 Å². The summed E-state index contributed by atoms with van der Waals surface area (Å²) >= 11 is 0. The maximum absolute atomic E-state index is 13.2. The van der Waals surface area contributed by atoms with Crippen LogP contribution in [0.5, 0.6) is 0 Å². The van der Waals surface area contributed by atoms with E-state index in [4.69, 9.17) is 37.0 Å². The van der Waals surface area contributed by atoms with Gasteiger partial charge in [-0.05, 0) is 25.7 Å². The average Bonchev–Trinajstić information content (AvgIpc) is 0.903. The molecule has 648 valence electrons. The largest absolute Gasteiger partial charge is 0.472 e. The van der Waals surface area contributed by atoms with Crippen molar-refractivity contribution in [2.45, 2.75) is 515 Å². The van der Waals surface area contributed by atoms with Crippen molar-refractivity contribution in [2.75, 3.05) is 39.6 Å². The van der Waals surface area contributed by atoms with Gasteiger partial charge in [-0.25, -0.2) is 9.13 Å². The van der Waals surface area contributed by atoms with Gasteiger partial charge in [0, 0.05) is 25.7 Å². The van der Waals surface area contributed by atoms with Gasteiger partial charge in [-0.2, -0.15) is 0 Å². The minimum atomic E-state index is -4.97. The first-order chi connectivity index (χ1) is 53.2. The van der Waals surface area contributed by atoms with E-state index in [1.165, 1.54) is 327 Å². The minimum absolute atomic E-state index is 0.110. The molecule has 0 aliphatic heterocycles. The van der Waals surface area contributed by atoms with Gasteiger partial charge < -0.3 is 33.8 Å². The normalized spacial score (nSPS) is 13.6. The number of ether oxygens (including phenoxy) is 4. The summed E-state index contributed by atoms with van der Waals surface area (Å²) < 4.78 is 69.0. The number of esters is 4. The zero-order valence-corrected chi connectivity index (χ0v) is 73.3. The van der Waals surface area contributed by atoms with Gasteiger partial charge in [0.1, 0.15) is 19.3 Å². The van der Waals surface area contributed by atoms with E-state index >= 15 is 0 Å². The Bertz CT molecular complexity index is 2050. The minimum Gasteiger partial charge on any atom is -0.462 e. The van der Waals surface area contributed by atoms with Crippen molar-refractivity contribution in [3.8, 4) is 0 Å². The third-order valence-electron chi connectivity index (χ3n) is 21.4. The molecule has 0 aromatic rings. The van der Waals surface area contributed by atoms with Crippen LogP contribution in [0.1, 0.15) is 496 Å². The smallest absolute Gasteiger partial charge is 0.462 e. The first-order valence-electron chi connectivity index (χ1n) is 46.8. The van der Waals surface area contributed by atoms with Gasteiger partial charge >= 0.3 is 39.5 Å². The summed E-state index contributed by atoms with van der Waals surface area (Å²) in [5.74, 6) is -2.09. The summed E-state index contributed by atoms with van der Waals surface area (Å²) in [7, 11) is -9.93. The number of rotatable bonds is 91. The third kappa shape index (κ3) is 83.8. The van der Waals surface area contributed by atoms with Crippen LogP contribution >= 0.6 is 15.6 Å². The maximum atomic E-state index is 13.2. The summed E-state index contributed by atoms with van der Waals surface area (Å²) in [4.78, 5) is 73.4. The van der Waals surface area contributed by atoms with Crippen molar-refractivity contribution in [2.24, 2.45) is 0 Å². The SMILES string of the molecule is CCCCCCCCCCCCCCCCCCCCCCC(=O)OC[C@H](COP(=O)(O)OC[C@@H](O)COP(=O)(O)OC[C@@H](COC(=O)CCCCCCCCCCCCC)OC(=O)CCCCCCCCCCCCCCCCCCCC)OC(=O)CCCCCCCCCCCCCCCCCCCCCC. The van der Waals surface area contributed by atoms with Gasteiger partial charge in [-0.15, -0.1) is 0 Å². The highest BCUT2D eigenvalue weighted by Crippen LogP contribution is 2.45. The van der Waals surface area contributed by atoms with Gasteiger partial charge in [0.15, 0.2) is 12.2 Å². The molecule has 5 atom stereocenters. The topological polar surface area (TPSA) is 237 Å². The molecule has 19 heteroatoms. The fourth-order valence-electron chi connectivity index (χ4n) is 14.2. The fourth-order valence-corrected chi connectivity index (χ4v) is 15.8. The van der Waals surface area contributed by atoms with Gasteiger partial charge in [0.05, 0.1) is 26.4 Å². The standard InChI is InChI=1S/C90H176O17P2/c1-5-9-13-17-21-25-29-32-35-38-41-43-46-48-51-55-59-63-67-71-75-88(93)101-81-86(107-90(95)77-73-69-65-61-57-53-50-47-44-42-39-36-33-30-26-22-18-14-10-6-2)83-105-109(98,99)103-79-84(91)78-102-108(96,97)104-82-85(80-100-87(92)74-70-66-62-58-54-28-24-20-16-12-8-4)106-89(94)76-72-68-64-60-56-52-49-45-40-37-34-31-27-23-19-15-11-7-3/h84-86,91H,5-83H2,1-4H3,(H,96,97)(H,98,99)/t84-,85+,86+/m0/s1. The summed E-state index contributed by atoms with van der Waals surface area (Å²) in [5, 5.41) is 10.7. The highest BCUT2D eigenvalue weighted by atomic mass is 31.2. The van der Waals surface area contributed by atoms with Crippen LogP contribution in [-0.4, -0.2) is 96.7 Å². The molecule has 0 rings (SSSR count). The molecule has 0 aromatic heterocycles. The number of carbonyl (C=O) groups excluding carboxylic acids is 4. The maximum Gasteiger partial charge on any atom is 0.472 e. The molecule has 0 aliphatic rings. The van der Waals surface area contributed by atoms with Crippen LogP contribution in [0, 0.1) is 0 Å². The molecule has 3 N–H and O–H groups in total. The van der Waals surface area contributed by atoms with Crippen LogP contribution in [0.15, 0.2) is 0 Å². The predicted molar refractivity (Wildman–Crippen MR) is 451 cm³/mol. The molecule has 17 nitrogen and oxygen atoms in total. The quantitative estimate of drug-likeness (QED) is 0.0222. The monoisotopic (exact) mass is 1590 g/mol. The number of phosphoric ester groups is 2. The number of hydrogen-bond acceptors (Lipinski definition) is 15. The number of carbonyl (C=O) groups is 4. The number of aliphatic hydroxyl groups excluding tert-OH is 1. The Morgan fingerprint density at radius 3 is 0.541 bits per heavy atom. The van der Waals surface area contributed by atoms with E-state index in [-0.39, 0.29) is 25.7 Å². The van der Waals surface area contributed by atoms with Crippen molar-refractivity contribution in [3.63, 3.8) is 0 Å². The molecule has 0 spiro atoms. The van der Waals surface area contributed by atoms with E-state index in [9.17, 15) is 43.2 Å². The Hall–Kier alpha value is -1.94. The van der Waals surface area contributed by atoms with Crippen LogP contribution in [0.4, 0.5) is 0 Å². The molecule has 0 fully saturated rings. The third-order valence-corrected chi connectivity index (χ3v) is 23.3. The van der Waals surface area contributed by atoms with Crippen LogP contribution in [-0.2, 0) is 65.4 Å². The van der Waals surface area contributed by atoms with Gasteiger partial charge in [0.2, 0.25) is 0 Å². The number of unbranched alkanes of at least 4 members (excludes halogenated alkanes) is 65. The second kappa shape index (κ2) is 84.0. The lowest BCUT2D eigenvalue weighted by molar-refractivity contribution is -0.161. The molecule has 0 saturated heterocycles. The van der Waals surface area contributed by atoms with E-state index in [0.717, 1.165) is 89.9 Å². The van der Waals surface area contributed by atoms with E-state index in [2.05, 4.69) is 27.7 Å². The molecule has 0 radical (unpaired) electrons. The summed E-state index contributed by atoms with van der Waals surface area (Å²) in [6, 6.07) is 0. The summed E-state index contributed by atoms with van der Waals surface area (Å²) in [5.41, 5.74) is 0. The first-order valence-corrected chi connectivity index (χ1v) is 49.8. The van der Waals surface area contributed by atoms with E-state index in [1.54, 1.807) is 0 Å². The number of aliphatic hydroxyl groups is 1. The molecule has 0 bridgehead atoms. The van der Waals surface area contributed by atoms with E-state index < -0.39 is 97.5 Å². The second-order valence-electron chi connectivity index (χ2n) is 32.3. The van der Waals surface area contributed by atoms with E-state index in [1.807, 2.05) is 0 Å². The Labute approximate surface area is 670 Å². The molecule has 0 aromatic carbocycles. The fraction of sp³-hybridized carbons (Fsp3) is 0.956. The molecular weight excluding hydrogens is 1410 g/mol. The lowest BCUT2D eigenvalue weighted by Crippen LogP contribution is -2.30. The highest BCUT2D eigenvalue weighted by Gasteiger charge is 2.30. The second-order valence-corrected chi connectivity index (χ2v) is 35.3. The Balaban J connectivity index is 5.23. The van der Waals surface area contributed by atoms with Crippen molar-refractivity contribution in [1.82, 2.24) is 0 Å². The highest BCUT2D eigenvalue weighted by molar-refractivity contribution is 7.47. The first kappa shape index (κ1) is 107. The molecule has 0 saturated carbocycles. The van der Waals surface area contributed by atoms with Crippen LogP contribution < -0.4 is 0 Å². The Morgan fingerprint density at radius 1 is 0.220 bits per heavy atom. The summed E-state index contributed by atoms with van der Waals surface area (Å²) in [6.07, 6.45) is 80.6. The van der Waals surface area contributed by atoms with E-state index in [0.29, 0.717) is 25.7 Å². The Morgan fingerprint density at radius 2 is 0.367 bits per heavy atom. The number of hydrogen-bond donors (Lipinski definition) is 3. The zero-order valence-electron chi connectivity index (χ0n) is 71.5. The number of phosphoric acid groups is 2. The van der Waals surface area contributed by atoms with Gasteiger partial charge in [-0.1, -0.05) is 445 Å².